The van der Waals surface area contributed by atoms with E-state index in [1.165, 1.54) is 0 Å². The van der Waals surface area contributed by atoms with Crippen LogP contribution in [0.5, 0.6) is 0 Å². The van der Waals surface area contributed by atoms with Gasteiger partial charge >= 0.3 is 0 Å². The average molecular weight is 609 g/mol. The molecule has 0 spiro atoms. The number of nitrogens with one attached hydrogen (secondary N) is 8. The Labute approximate surface area is 248 Å². The van der Waals surface area contributed by atoms with Crippen LogP contribution in [-0.4, -0.2) is 97.4 Å². The summed E-state index contributed by atoms with van der Waals surface area (Å²) in [4.78, 5) is 58.8. The zero-order valence-electron chi connectivity index (χ0n) is 23.9. The van der Waals surface area contributed by atoms with Crippen molar-refractivity contribution in [1.29, 1.82) is 10.8 Å². The molecule has 20 N–H and O–H groups in total. The minimum Gasteiger partial charge on any atom is -0.382 e. The van der Waals surface area contributed by atoms with Crippen molar-refractivity contribution >= 4 is 47.2 Å². The van der Waals surface area contributed by atoms with Crippen molar-refractivity contribution < 1.29 is 19.2 Å². The normalized spacial score (nSPS) is 11.9. The zero-order chi connectivity index (χ0) is 32.4. The molecule has 20 heteroatoms. The topological polar surface area (TPSA) is 370 Å². The van der Waals surface area contributed by atoms with Gasteiger partial charge in [0, 0.05) is 45.8 Å². The Hall–Kier alpha value is -4.98. The van der Waals surface area contributed by atoms with Crippen LogP contribution in [0.2, 0.25) is 0 Å². The quantitative estimate of drug-likeness (QED) is 0.0396. The van der Waals surface area contributed by atoms with E-state index in [1.54, 1.807) is 0 Å². The Morgan fingerprint density at radius 3 is 1.67 bits per heavy atom. The van der Waals surface area contributed by atoms with E-state index in [9.17, 15) is 19.2 Å². The lowest BCUT2D eigenvalue weighted by Gasteiger charge is -2.19. The van der Waals surface area contributed by atoms with E-state index in [4.69, 9.17) is 45.2 Å². The van der Waals surface area contributed by atoms with Gasteiger partial charge < -0.3 is 66.3 Å². The van der Waals surface area contributed by atoms with Gasteiger partial charge in [-0.05, 0) is 25.7 Å². The van der Waals surface area contributed by atoms with Gasteiger partial charge in [0.05, 0.1) is 5.92 Å². The molecular weight excluding hydrogens is 564 g/mol. The van der Waals surface area contributed by atoms with Crippen LogP contribution in [0.3, 0.4) is 0 Å². The number of aromatic nitrogens is 2. The summed E-state index contributed by atoms with van der Waals surface area (Å²) in [5.41, 5.74) is 32.5. The van der Waals surface area contributed by atoms with Crippen LogP contribution in [0.25, 0.3) is 0 Å². The maximum Gasteiger partial charge on any atom is 0.274 e. The predicted octanol–water partition coefficient (Wildman–Crippen LogP) is -5.24. The summed E-state index contributed by atoms with van der Waals surface area (Å²) >= 11 is 0. The largest absolute Gasteiger partial charge is 0.382 e. The summed E-state index contributed by atoms with van der Waals surface area (Å²) in [6, 6.07) is -1.01. The smallest absolute Gasteiger partial charge is 0.274 e. The Balaban J connectivity index is 2.97. The van der Waals surface area contributed by atoms with Crippen molar-refractivity contribution in [3.63, 3.8) is 0 Å². The first-order chi connectivity index (χ1) is 20.4. The summed E-state index contributed by atoms with van der Waals surface area (Å²) in [5, 5.41) is 30.0. The molecule has 0 fully saturated rings. The van der Waals surface area contributed by atoms with Gasteiger partial charge in [0.15, 0.2) is 34.9 Å². The van der Waals surface area contributed by atoms with Crippen LogP contribution in [0.4, 0.5) is 11.6 Å². The number of carbonyl (C=O) groups is 4. The number of hydrogen-bond acceptors (Lipinski definition) is 12. The Kier molecular flexibility index (Phi) is 16.1. The zero-order valence-corrected chi connectivity index (χ0v) is 23.9. The minimum atomic E-state index is -1.01. The number of anilines is 2. The van der Waals surface area contributed by atoms with E-state index in [2.05, 4.69) is 41.9 Å². The Bertz CT molecular complexity index is 1130. The standard InChI is InChI=1S/C23H44N16O4/c24-5-9-32-18(40)12(3-1-7-34-22(28)29)11-36-20(42)14-16(26)39-15(17(27)38-14)21(43)37-13(19(41)33-10-6-25)4-2-8-35-23(30)31/h12-13H,1-11,24-25H2,(H2,26,39)(H2,27,38)(H,32,40)(H,33,41)(H,36,42)(H,37,43)(H4,28,29,34)(H4,30,31,35). The SMILES string of the molecule is N=C(N)NCCCC(CNC(=O)c1nc(N)c(C(=O)NC(CCCNC(=N)N)C(=O)NCCN)nc1N)C(=O)NCCN. The number of carbonyl (C=O) groups excluding carboxylic acids is 4. The Morgan fingerprint density at radius 2 is 1.16 bits per heavy atom. The summed E-state index contributed by atoms with van der Waals surface area (Å²) in [6.07, 6.45) is 1.38. The maximum atomic E-state index is 13.0. The first-order valence-electron chi connectivity index (χ1n) is 13.5. The molecule has 2 atom stereocenters. The lowest BCUT2D eigenvalue weighted by Crippen LogP contribution is -2.48. The van der Waals surface area contributed by atoms with Crippen LogP contribution < -0.4 is 66.3 Å². The third-order valence-corrected chi connectivity index (χ3v) is 5.80. The summed E-state index contributed by atoms with van der Waals surface area (Å²) in [5.74, 6) is -4.36. The molecule has 0 aliphatic carbocycles. The highest BCUT2D eigenvalue weighted by Crippen LogP contribution is 2.14. The number of amides is 4. The molecule has 1 rings (SSSR count). The average Bonchev–Trinajstić information content (AvgIpc) is 2.95. The van der Waals surface area contributed by atoms with Crippen LogP contribution in [0, 0.1) is 16.7 Å². The maximum absolute atomic E-state index is 13.0. The monoisotopic (exact) mass is 608 g/mol. The molecule has 2 unspecified atom stereocenters. The number of nitrogens with zero attached hydrogens (tertiary/aromatic N) is 2. The predicted molar refractivity (Wildman–Crippen MR) is 160 cm³/mol. The summed E-state index contributed by atoms with van der Waals surface area (Å²) < 4.78 is 0. The summed E-state index contributed by atoms with van der Waals surface area (Å²) in [7, 11) is 0. The first-order valence-corrected chi connectivity index (χ1v) is 13.5. The minimum absolute atomic E-state index is 0.0867. The molecule has 240 valence electrons. The van der Waals surface area contributed by atoms with Gasteiger partial charge in [-0.2, -0.15) is 0 Å². The fraction of sp³-hybridized carbons (Fsp3) is 0.565. The molecular formula is C23H44N16O4. The van der Waals surface area contributed by atoms with E-state index in [0.717, 1.165) is 0 Å². The van der Waals surface area contributed by atoms with E-state index >= 15 is 0 Å². The second kappa shape index (κ2) is 19.2. The van der Waals surface area contributed by atoms with Crippen LogP contribution in [-0.2, 0) is 9.59 Å². The van der Waals surface area contributed by atoms with Crippen LogP contribution >= 0.6 is 0 Å². The van der Waals surface area contributed by atoms with Crippen molar-refractivity contribution in [3.05, 3.63) is 11.4 Å². The van der Waals surface area contributed by atoms with Gasteiger partial charge in [0.1, 0.15) is 6.04 Å². The molecule has 0 bridgehead atoms. The molecule has 0 aliphatic rings. The lowest BCUT2D eigenvalue weighted by atomic mass is 10.0. The molecule has 1 heterocycles. The number of rotatable bonds is 19. The van der Waals surface area contributed by atoms with Crippen molar-refractivity contribution in [2.75, 3.05) is 57.3 Å². The van der Waals surface area contributed by atoms with Crippen LogP contribution in [0.1, 0.15) is 46.7 Å². The highest BCUT2D eigenvalue weighted by molar-refractivity contribution is 6.02. The molecule has 4 amide bonds. The summed E-state index contributed by atoms with van der Waals surface area (Å²) in [6.45, 7) is 1.41. The fourth-order valence-electron chi connectivity index (χ4n) is 3.68. The highest BCUT2D eigenvalue weighted by Gasteiger charge is 2.26. The number of hydrogen-bond donors (Lipinski definition) is 14. The van der Waals surface area contributed by atoms with E-state index in [0.29, 0.717) is 25.8 Å². The van der Waals surface area contributed by atoms with Gasteiger partial charge in [-0.15, -0.1) is 0 Å². The molecule has 43 heavy (non-hydrogen) atoms. The third kappa shape index (κ3) is 13.5. The molecule has 0 aromatic carbocycles. The Morgan fingerprint density at radius 1 is 0.674 bits per heavy atom. The van der Waals surface area contributed by atoms with E-state index in [1.807, 2.05) is 0 Å². The number of nitrogen functional groups attached to an aromatic ring is 2. The van der Waals surface area contributed by atoms with Gasteiger partial charge in [-0.3, -0.25) is 30.0 Å². The van der Waals surface area contributed by atoms with Crippen LogP contribution in [0.15, 0.2) is 0 Å². The van der Waals surface area contributed by atoms with Gasteiger partial charge in [-0.1, -0.05) is 0 Å². The molecule has 0 radical (unpaired) electrons. The molecule has 1 aromatic rings. The molecule has 20 nitrogen and oxygen atoms in total. The number of nitrogens with two attached hydrogens (primary N) is 6. The van der Waals surface area contributed by atoms with Gasteiger partial charge in [0.2, 0.25) is 11.8 Å². The lowest BCUT2D eigenvalue weighted by molar-refractivity contribution is -0.125. The van der Waals surface area contributed by atoms with E-state index in [-0.39, 0.29) is 69.2 Å². The van der Waals surface area contributed by atoms with Gasteiger partial charge in [-0.25, -0.2) is 9.97 Å². The molecule has 1 aromatic heterocycles. The van der Waals surface area contributed by atoms with Crippen molar-refractivity contribution in [2.24, 2.45) is 28.9 Å². The molecule has 0 saturated carbocycles. The van der Waals surface area contributed by atoms with Crippen molar-refractivity contribution in [1.82, 2.24) is 41.9 Å². The highest BCUT2D eigenvalue weighted by atomic mass is 16.2. The van der Waals surface area contributed by atoms with Crippen molar-refractivity contribution in [2.45, 2.75) is 31.7 Å². The van der Waals surface area contributed by atoms with E-state index < -0.39 is 47.0 Å². The van der Waals surface area contributed by atoms with Gasteiger partial charge in [0.25, 0.3) is 11.8 Å². The molecule has 0 aliphatic heterocycles. The number of guanidine groups is 2. The second-order valence-corrected chi connectivity index (χ2v) is 9.25. The van der Waals surface area contributed by atoms with Crippen molar-refractivity contribution in [3.8, 4) is 0 Å². The third-order valence-electron chi connectivity index (χ3n) is 5.80. The fourth-order valence-corrected chi connectivity index (χ4v) is 3.68. The molecule has 0 saturated heterocycles. The first kappa shape index (κ1) is 36.0. The second-order valence-electron chi connectivity index (χ2n) is 9.25.